The number of aryl methyl sites for hydroxylation is 1. The van der Waals surface area contributed by atoms with E-state index < -0.39 is 11.7 Å². The third-order valence-corrected chi connectivity index (χ3v) is 2.66. The van der Waals surface area contributed by atoms with Crippen LogP contribution in [0.3, 0.4) is 0 Å². The zero-order chi connectivity index (χ0) is 12.3. The lowest BCUT2D eigenvalue weighted by Crippen LogP contribution is -2.37. The highest BCUT2D eigenvalue weighted by atomic mass is 16.5. The Morgan fingerprint density at radius 3 is 2.50 bits per heavy atom. The standard InChI is InChI=1S/C13H20O3/c1-9-5-6-11(16-4)10(7-9)8-12(14)13(2,3)15/h5-7,12,14-15H,8H2,1-4H3. The molecule has 1 rings (SSSR count). The van der Waals surface area contributed by atoms with Crippen LogP contribution < -0.4 is 4.74 Å². The summed E-state index contributed by atoms with van der Waals surface area (Å²) in [5.74, 6) is 0.744. The van der Waals surface area contributed by atoms with Gasteiger partial charge in [-0.1, -0.05) is 17.7 Å². The summed E-state index contributed by atoms with van der Waals surface area (Å²) in [5, 5.41) is 19.5. The van der Waals surface area contributed by atoms with Crippen molar-refractivity contribution in [2.45, 2.75) is 38.9 Å². The van der Waals surface area contributed by atoms with Crippen LogP contribution in [0.4, 0.5) is 0 Å². The third kappa shape index (κ3) is 3.22. The second-order valence-electron chi connectivity index (χ2n) is 4.69. The molecule has 3 heteroatoms. The second kappa shape index (κ2) is 4.85. The number of ether oxygens (including phenoxy) is 1. The molecule has 0 aliphatic rings. The van der Waals surface area contributed by atoms with Crippen LogP contribution in [0.2, 0.25) is 0 Å². The predicted molar refractivity (Wildman–Crippen MR) is 63.7 cm³/mol. The van der Waals surface area contributed by atoms with Crippen LogP contribution >= 0.6 is 0 Å². The Bertz CT molecular complexity index is 353. The van der Waals surface area contributed by atoms with Crippen LogP contribution in [0.15, 0.2) is 18.2 Å². The number of methoxy groups -OCH3 is 1. The number of aliphatic hydroxyl groups is 2. The Morgan fingerprint density at radius 1 is 1.38 bits per heavy atom. The Kier molecular flexibility index (Phi) is 3.94. The van der Waals surface area contributed by atoms with Gasteiger partial charge in [0.25, 0.3) is 0 Å². The maximum absolute atomic E-state index is 9.84. The number of benzene rings is 1. The number of aliphatic hydroxyl groups excluding tert-OH is 1. The van der Waals surface area contributed by atoms with Gasteiger partial charge in [-0.25, -0.2) is 0 Å². The number of rotatable bonds is 4. The quantitative estimate of drug-likeness (QED) is 0.818. The summed E-state index contributed by atoms with van der Waals surface area (Å²) in [6.45, 7) is 5.18. The van der Waals surface area contributed by atoms with Gasteiger partial charge in [0, 0.05) is 6.42 Å². The van der Waals surface area contributed by atoms with Crippen LogP contribution in [0.25, 0.3) is 0 Å². The van der Waals surface area contributed by atoms with Crippen LogP contribution in [0.5, 0.6) is 5.75 Å². The van der Waals surface area contributed by atoms with E-state index in [9.17, 15) is 10.2 Å². The Balaban J connectivity index is 2.91. The van der Waals surface area contributed by atoms with Crippen molar-refractivity contribution in [3.63, 3.8) is 0 Å². The van der Waals surface area contributed by atoms with Crippen molar-refractivity contribution in [1.82, 2.24) is 0 Å². The van der Waals surface area contributed by atoms with Gasteiger partial charge in [0.1, 0.15) is 5.75 Å². The summed E-state index contributed by atoms with van der Waals surface area (Å²) in [5.41, 5.74) is 0.922. The molecule has 0 amide bonds. The molecule has 0 saturated carbocycles. The summed E-state index contributed by atoms with van der Waals surface area (Å²) in [6.07, 6.45) is -0.419. The van der Waals surface area contributed by atoms with Crippen molar-refractivity contribution in [2.24, 2.45) is 0 Å². The average Bonchev–Trinajstić information content (AvgIpc) is 2.16. The highest BCUT2D eigenvalue weighted by molar-refractivity contribution is 5.37. The van der Waals surface area contributed by atoms with Crippen LogP contribution in [-0.4, -0.2) is 29.0 Å². The van der Waals surface area contributed by atoms with E-state index in [0.29, 0.717) is 6.42 Å². The molecule has 0 spiro atoms. The minimum absolute atomic E-state index is 0.383. The van der Waals surface area contributed by atoms with Crippen molar-refractivity contribution in [2.75, 3.05) is 7.11 Å². The minimum atomic E-state index is -1.10. The van der Waals surface area contributed by atoms with Crippen molar-refractivity contribution in [3.05, 3.63) is 29.3 Å². The summed E-state index contributed by atoms with van der Waals surface area (Å²) in [4.78, 5) is 0. The van der Waals surface area contributed by atoms with E-state index in [1.54, 1.807) is 21.0 Å². The van der Waals surface area contributed by atoms with E-state index in [-0.39, 0.29) is 0 Å². The topological polar surface area (TPSA) is 49.7 Å². The summed E-state index contributed by atoms with van der Waals surface area (Å²) in [6, 6.07) is 5.80. The van der Waals surface area contributed by atoms with Crippen LogP contribution in [0, 0.1) is 6.92 Å². The highest BCUT2D eigenvalue weighted by Gasteiger charge is 2.25. The Morgan fingerprint density at radius 2 is 2.00 bits per heavy atom. The first-order valence-electron chi connectivity index (χ1n) is 5.38. The molecule has 1 aromatic carbocycles. The van der Waals surface area contributed by atoms with Gasteiger partial charge in [0.15, 0.2) is 0 Å². The molecule has 90 valence electrons. The van der Waals surface area contributed by atoms with E-state index >= 15 is 0 Å². The number of hydrogen-bond donors (Lipinski definition) is 2. The zero-order valence-electron chi connectivity index (χ0n) is 10.3. The van der Waals surface area contributed by atoms with Gasteiger partial charge in [-0.05, 0) is 32.4 Å². The maximum Gasteiger partial charge on any atom is 0.122 e. The van der Waals surface area contributed by atoms with Gasteiger partial charge < -0.3 is 14.9 Å². The fraction of sp³-hybridized carbons (Fsp3) is 0.538. The van der Waals surface area contributed by atoms with E-state index in [1.807, 2.05) is 25.1 Å². The highest BCUT2D eigenvalue weighted by Crippen LogP contribution is 2.23. The maximum atomic E-state index is 9.84. The number of hydrogen-bond acceptors (Lipinski definition) is 3. The van der Waals surface area contributed by atoms with Gasteiger partial charge >= 0.3 is 0 Å². The molecule has 3 nitrogen and oxygen atoms in total. The molecule has 0 aliphatic heterocycles. The second-order valence-corrected chi connectivity index (χ2v) is 4.69. The molecular formula is C13H20O3. The molecular weight excluding hydrogens is 204 g/mol. The largest absolute Gasteiger partial charge is 0.496 e. The van der Waals surface area contributed by atoms with Gasteiger partial charge in [-0.15, -0.1) is 0 Å². The Hall–Kier alpha value is -1.06. The first kappa shape index (κ1) is 13.0. The molecule has 0 aromatic heterocycles. The normalized spacial score (nSPS) is 13.6. The molecule has 2 N–H and O–H groups in total. The monoisotopic (exact) mass is 224 g/mol. The summed E-state index contributed by atoms with van der Waals surface area (Å²) < 4.78 is 5.22. The van der Waals surface area contributed by atoms with Crippen LogP contribution in [0.1, 0.15) is 25.0 Å². The Labute approximate surface area is 96.7 Å². The first-order valence-corrected chi connectivity index (χ1v) is 5.38. The van der Waals surface area contributed by atoms with Crippen molar-refractivity contribution < 1.29 is 14.9 Å². The molecule has 1 aromatic rings. The van der Waals surface area contributed by atoms with E-state index in [2.05, 4.69) is 0 Å². The van der Waals surface area contributed by atoms with Gasteiger partial charge in [0.2, 0.25) is 0 Å². The molecule has 0 saturated heterocycles. The third-order valence-electron chi connectivity index (χ3n) is 2.66. The fourth-order valence-corrected chi connectivity index (χ4v) is 1.52. The smallest absolute Gasteiger partial charge is 0.122 e. The lowest BCUT2D eigenvalue weighted by Gasteiger charge is -2.25. The summed E-state index contributed by atoms with van der Waals surface area (Å²) >= 11 is 0. The molecule has 0 fully saturated rings. The molecule has 1 unspecified atom stereocenters. The van der Waals surface area contributed by atoms with Crippen molar-refractivity contribution in [3.8, 4) is 5.75 Å². The first-order chi connectivity index (χ1) is 7.34. The lowest BCUT2D eigenvalue weighted by atomic mass is 9.94. The SMILES string of the molecule is COc1ccc(C)cc1CC(O)C(C)(C)O. The molecule has 16 heavy (non-hydrogen) atoms. The van der Waals surface area contributed by atoms with Gasteiger partial charge in [-0.3, -0.25) is 0 Å². The molecule has 0 heterocycles. The van der Waals surface area contributed by atoms with Gasteiger partial charge in [0.05, 0.1) is 18.8 Å². The molecule has 0 aliphatic carbocycles. The summed E-state index contributed by atoms with van der Waals surface area (Å²) in [7, 11) is 1.60. The van der Waals surface area contributed by atoms with Gasteiger partial charge in [-0.2, -0.15) is 0 Å². The lowest BCUT2D eigenvalue weighted by molar-refractivity contribution is -0.0471. The van der Waals surface area contributed by atoms with Crippen LogP contribution in [-0.2, 0) is 6.42 Å². The fourth-order valence-electron chi connectivity index (χ4n) is 1.52. The van der Waals surface area contributed by atoms with Crippen molar-refractivity contribution >= 4 is 0 Å². The van der Waals surface area contributed by atoms with E-state index in [1.165, 1.54) is 0 Å². The van der Waals surface area contributed by atoms with Crippen molar-refractivity contribution in [1.29, 1.82) is 0 Å². The van der Waals surface area contributed by atoms with E-state index in [4.69, 9.17) is 4.74 Å². The zero-order valence-corrected chi connectivity index (χ0v) is 10.3. The molecule has 1 atom stereocenters. The average molecular weight is 224 g/mol. The molecule has 0 bridgehead atoms. The van der Waals surface area contributed by atoms with E-state index in [0.717, 1.165) is 16.9 Å². The minimum Gasteiger partial charge on any atom is -0.496 e. The molecule has 0 radical (unpaired) electrons. The predicted octanol–water partition coefficient (Wildman–Crippen LogP) is 1.68.